The summed E-state index contributed by atoms with van der Waals surface area (Å²) in [4.78, 5) is 60.8. The normalized spacial score (nSPS) is 14.0. The molecule has 0 radical (unpaired) electrons. The van der Waals surface area contributed by atoms with Gasteiger partial charge in [0, 0.05) is 31.6 Å². The summed E-state index contributed by atoms with van der Waals surface area (Å²) < 4.78 is 19.8. The van der Waals surface area contributed by atoms with E-state index in [1.54, 1.807) is 19.4 Å². The Balaban J connectivity index is 1.73. The van der Waals surface area contributed by atoms with Crippen LogP contribution in [-0.4, -0.2) is 29.4 Å². The molecule has 0 unspecified atom stereocenters. The number of phosphoric ester groups is 1. The highest BCUT2D eigenvalue weighted by Gasteiger charge is 2.28. The van der Waals surface area contributed by atoms with Crippen molar-refractivity contribution in [1.82, 2.24) is 13.7 Å². The average Bonchev–Trinajstić information content (AvgIpc) is 3.35. The topological polar surface area (TPSA) is 145 Å². The minimum atomic E-state index is -4.78. The lowest BCUT2D eigenvalue weighted by molar-refractivity contribution is -0.117. The van der Waals surface area contributed by atoms with Crippen molar-refractivity contribution in [3.05, 3.63) is 78.2 Å². The van der Waals surface area contributed by atoms with Crippen LogP contribution in [-0.2, 0) is 41.1 Å². The van der Waals surface area contributed by atoms with Gasteiger partial charge >= 0.3 is 13.5 Å². The van der Waals surface area contributed by atoms with Crippen LogP contribution in [0.2, 0.25) is 0 Å². The van der Waals surface area contributed by atoms with Gasteiger partial charge < -0.3 is 9.79 Å². The average molecular weight is 518 g/mol. The highest BCUT2D eigenvalue weighted by Crippen LogP contribution is 2.36. The van der Waals surface area contributed by atoms with Crippen LogP contribution in [0.3, 0.4) is 0 Å². The van der Waals surface area contributed by atoms with Gasteiger partial charge in [0.25, 0.3) is 11.5 Å². The van der Waals surface area contributed by atoms with Gasteiger partial charge in [-0.15, -0.1) is 11.3 Å². The van der Waals surface area contributed by atoms with E-state index in [4.69, 9.17) is 0 Å². The Labute approximate surface area is 203 Å². The second-order valence-electron chi connectivity index (χ2n) is 8.09. The summed E-state index contributed by atoms with van der Waals surface area (Å²) in [7, 11) is -1.80. The molecule has 2 N–H and O–H groups in total. The predicted molar refractivity (Wildman–Crippen MR) is 129 cm³/mol. The van der Waals surface area contributed by atoms with Crippen LogP contribution in [0.4, 0.5) is 0 Å². The number of phosphoric acid groups is 1. The molecule has 13 heteroatoms. The summed E-state index contributed by atoms with van der Waals surface area (Å²) >= 11 is 1.12. The number of benzene rings is 1. The van der Waals surface area contributed by atoms with Gasteiger partial charge in [-0.3, -0.25) is 27.8 Å². The molecule has 2 heterocycles. The van der Waals surface area contributed by atoms with E-state index in [9.17, 15) is 28.7 Å². The summed E-state index contributed by atoms with van der Waals surface area (Å²) in [6.45, 7) is 1.29. The van der Waals surface area contributed by atoms with Crippen LogP contribution in [0, 0.1) is 0 Å². The van der Waals surface area contributed by atoms with Crippen molar-refractivity contribution in [2.24, 2.45) is 19.1 Å². The van der Waals surface area contributed by atoms with E-state index in [2.05, 4.69) is 9.52 Å². The van der Waals surface area contributed by atoms with E-state index >= 15 is 0 Å². The van der Waals surface area contributed by atoms with Gasteiger partial charge in [0.15, 0.2) is 4.80 Å². The standard InChI is InChI=1S/C22H23N4O7PS/c1-13-9-16-19(20(28)25(3)22(29)24(16)2)15(13)10-18(27)23-21-26(12-33-34(30,31)32)17(11-35-21)14-7-5-4-6-8-14/h4-8,11H,9-10,12H2,1-3H3,(H2,30,31,32). The quantitative estimate of drug-likeness (QED) is 0.471. The predicted octanol–water partition coefficient (Wildman–Crippen LogP) is 1.53. The number of hydrogen-bond acceptors (Lipinski definition) is 6. The van der Waals surface area contributed by atoms with Crippen LogP contribution in [0.5, 0.6) is 0 Å². The second-order valence-corrected chi connectivity index (χ2v) is 10.2. The van der Waals surface area contributed by atoms with Crippen LogP contribution in [0.25, 0.3) is 16.8 Å². The van der Waals surface area contributed by atoms with Crippen molar-refractivity contribution in [2.45, 2.75) is 26.5 Å². The Kier molecular flexibility index (Phi) is 6.76. The number of allylic oxidation sites excluding steroid dienone is 1. The van der Waals surface area contributed by atoms with Gasteiger partial charge in [-0.2, -0.15) is 4.99 Å². The first-order valence-electron chi connectivity index (χ1n) is 10.5. The first-order valence-corrected chi connectivity index (χ1v) is 12.9. The first kappa shape index (κ1) is 25.0. The highest BCUT2D eigenvalue weighted by atomic mass is 32.1. The maximum absolute atomic E-state index is 13.0. The Bertz CT molecular complexity index is 1590. The number of carbonyl (C=O) groups is 1. The Morgan fingerprint density at radius 1 is 1.17 bits per heavy atom. The molecule has 0 saturated carbocycles. The van der Waals surface area contributed by atoms with Crippen LogP contribution >= 0.6 is 19.2 Å². The lowest BCUT2D eigenvalue weighted by Crippen LogP contribution is -2.40. The molecular weight excluding hydrogens is 495 g/mol. The number of fused-ring (bicyclic) bond motifs is 1. The third-order valence-electron chi connectivity index (χ3n) is 5.81. The molecule has 1 aliphatic rings. The summed E-state index contributed by atoms with van der Waals surface area (Å²) in [6.07, 6.45) is 0.219. The maximum atomic E-state index is 13.0. The zero-order valence-electron chi connectivity index (χ0n) is 19.2. The fraction of sp³-hybridized carbons (Fsp3) is 0.273. The molecule has 1 aromatic carbocycles. The van der Waals surface area contributed by atoms with Gasteiger partial charge in [-0.05, 0) is 18.1 Å². The Morgan fingerprint density at radius 2 is 1.86 bits per heavy atom. The zero-order valence-corrected chi connectivity index (χ0v) is 20.9. The molecule has 184 valence electrons. The fourth-order valence-corrected chi connectivity index (χ4v) is 5.20. The molecule has 0 aliphatic heterocycles. The molecule has 0 saturated heterocycles. The number of hydrogen-bond donors (Lipinski definition) is 2. The molecule has 1 amide bonds. The van der Waals surface area contributed by atoms with E-state index in [-0.39, 0.29) is 11.2 Å². The number of carbonyl (C=O) groups excluding carboxylic acids is 1. The third-order valence-corrected chi connectivity index (χ3v) is 7.12. The minimum Gasteiger partial charge on any atom is -0.303 e. The number of rotatable bonds is 6. The van der Waals surface area contributed by atoms with E-state index in [1.165, 1.54) is 16.2 Å². The van der Waals surface area contributed by atoms with E-state index in [0.29, 0.717) is 28.9 Å². The molecule has 0 fully saturated rings. The summed E-state index contributed by atoms with van der Waals surface area (Å²) in [5, 5.41) is 1.71. The maximum Gasteiger partial charge on any atom is 0.471 e. The van der Waals surface area contributed by atoms with Gasteiger partial charge in [0.2, 0.25) is 0 Å². The zero-order chi connectivity index (χ0) is 25.5. The van der Waals surface area contributed by atoms with Crippen molar-refractivity contribution in [3.63, 3.8) is 0 Å². The molecule has 3 aromatic rings. The summed E-state index contributed by atoms with van der Waals surface area (Å²) in [5.41, 5.74) is 2.65. The lowest BCUT2D eigenvalue weighted by atomic mass is 10.1. The van der Waals surface area contributed by atoms with Crippen LogP contribution in [0.1, 0.15) is 24.6 Å². The molecule has 2 aromatic heterocycles. The monoisotopic (exact) mass is 518 g/mol. The van der Waals surface area contributed by atoms with Crippen molar-refractivity contribution < 1.29 is 23.7 Å². The number of aromatic nitrogens is 3. The van der Waals surface area contributed by atoms with E-state index < -0.39 is 31.7 Å². The Hall–Kier alpha value is -3.15. The molecule has 4 rings (SSSR count). The third kappa shape index (κ3) is 4.97. The second kappa shape index (κ2) is 9.48. The van der Waals surface area contributed by atoms with Gasteiger partial charge in [0.05, 0.1) is 17.7 Å². The SMILES string of the molecule is CC1=C(CC(=O)N=c2scc(-c3ccccc3)n2COP(=O)(O)O)c2c(n(C)c(=O)n(C)c2=O)C1. The Morgan fingerprint density at radius 3 is 2.51 bits per heavy atom. The molecule has 0 bridgehead atoms. The number of amides is 1. The minimum absolute atomic E-state index is 0.163. The largest absolute Gasteiger partial charge is 0.471 e. The van der Waals surface area contributed by atoms with E-state index in [1.807, 2.05) is 30.3 Å². The van der Waals surface area contributed by atoms with Crippen molar-refractivity contribution in [1.29, 1.82) is 0 Å². The van der Waals surface area contributed by atoms with Crippen molar-refractivity contribution >= 4 is 30.6 Å². The molecule has 11 nitrogen and oxygen atoms in total. The van der Waals surface area contributed by atoms with Gasteiger partial charge in [-0.25, -0.2) is 9.36 Å². The number of thiazole rings is 1. The summed E-state index contributed by atoms with van der Waals surface area (Å²) in [5.74, 6) is -0.547. The highest BCUT2D eigenvalue weighted by molar-refractivity contribution is 7.46. The smallest absolute Gasteiger partial charge is 0.303 e. The molecule has 0 spiro atoms. The first-order chi connectivity index (χ1) is 16.5. The van der Waals surface area contributed by atoms with Gasteiger partial charge in [-0.1, -0.05) is 35.9 Å². The molecule has 1 aliphatic carbocycles. The van der Waals surface area contributed by atoms with Gasteiger partial charge in [0.1, 0.15) is 6.73 Å². The molecular formula is C22H23N4O7PS. The van der Waals surface area contributed by atoms with E-state index in [0.717, 1.165) is 27.0 Å². The number of nitrogens with zero attached hydrogens (tertiary/aromatic N) is 4. The lowest BCUT2D eigenvalue weighted by Gasteiger charge is -2.11. The summed E-state index contributed by atoms with van der Waals surface area (Å²) in [6, 6.07) is 9.07. The van der Waals surface area contributed by atoms with Crippen LogP contribution in [0.15, 0.2) is 55.9 Å². The molecule has 35 heavy (non-hydrogen) atoms. The van der Waals surface area contributed by atoms with Crippen molar-refractivity contribution in [3.8, 4) is 11.3 Å². The van der Waals surface area contributed by atoms with Crippen molar-refractivity contribution in [2.75, 3.05) is 0 Å². The molecule has 0 atom stereocenters. The fourth-order valence-electron chi connectivity index (χ4n) is 4.02. The van der Waals surface area contributed by atoms with Crippen LogP contribution < -0.4 is 16.1 Å².